The molecule has 2 nitrogen and oxygen atoms in total. The third kappa shape index (κ3) is 6.93. The molecule has 0 saturated heterocycles. The van der Waals surface area contributed by atoms with E-state index in [1.54, 1.807) is 0 Å². The zero-order valence-electron chi connectivity index (χ0n) is 23.0. The van der Waals surface area contributed by atoms with E-state index in [1.807, 2.05) is 18.2 Å². The molecular formula is C29H46NOPS. The molecule has 2 rings (SSSR count). The van der Waals surface area contributed by atoms with Gasteiger partial charge >= 0.3 is 0 Å². The summed E-state index contributed by atoms with van der Waals surface area (Å²) in [6, 6.07) is 15.1. The summed E-state index contributed by atoms with van der Waals surface area (Å²) in [7, 11) is 0. The van der Waals surface area contributed by atoms with E-state index in [2.05, 4.69) is 112 Å². The minimum atomic E-state index is -2.46. The molecule has 0 radical (unpaired) electrons. The van der Waals surface area contributed by atoms with Crippen LogP contribution in [0.3, 0.4) is 0 Å². The van der Waals surface area contributed by atoms with Crippen molar-refractivity contribution in [1.29, 1.82) is 0 Å². The Hall–Kier alpha value is -1.15. The Kier molecular flexibility index (Phi) is 8.07. The van der Waals surface area contributed by atoms with Crippen LogP contribution in [0, 0.1) is 0 Å². The quantitative estimate of drug-likeness (QED) is 0.425. The van der Waals surface area contributed by atoms with Crippen LogP contribution in [0.2, 0.25) is 0 Å². The molecule has 0 aliphatic carbocycles. The number of anilines is 1. The third-order valence-corrected chi connectivity index (χ3v) is 11.0. The van der Waals surface area contributed by atoms with Crippen molar-refractivity contribution in [2.24, 2.45) is 0 Å². The summed E-state index contributed by atoms with van der Waals surface area (Å²) in [5.74, 6) is 0. The second-order valence-electron chi connectivity index (χ2n) is 13.3. The summed E-state index contributed by atoms with van der Waals surface area (Å²) in [5.41, 5.74) is 6.26. The van der Waals surface area contributed by atoms with Gasteiger partial charge in [-0.05, 0) is 50.3 Å². The lowest BCUT2D eigenvalue weighted by Gasteiger charge is -2.40. The summed E-state index contributed by atoms with van der Waals surface area (Å²) < 4.78 is 6.63. The Morgan fingerprint density at radius 3 is 1.55 bits per heavy atom. The van der Waals surface area contributed by atoms with Gasteiger partial charge in [0.05, 0.1) is 6.61 Å². The molecule has 1 N–H and O–H groups in total. The molecule has 2 aromatic rings. The largest absolute Gasteiger partial charge is 0.336 e. The minimum Gasteiger partial charge on any atom is -0.336 e. The first-order chi connectivity index (χ1) is 14.8. The van der Waals surface area contributed by atoms with Crippen LogP contribution in [-0.4, -0.2) is 5.16 Å². The lowest BCUT2D eigenvalue weighted by atomic mass is 9.74. The second-order valence-corrected chi connectivity index (χ2v) is 17.8. The Balaban J connectivity index is 2.72. The summed E-state index contributed by atoms with van der Waals surface area (Å²) in [6.07, 6.45) is -2.46. The highest BCUT2D eigenvalue weighted by Crippen LogP contribution is 2.60. The molecule has 33 heavy (non-hydrogen) atoms. The van der Waals surface area contributed by atoms with Gasteiger partial charge in [0.2, 0.25) is 0 Å². The van der Waals surface area contributed by atoms with Crippen LogP contribution >= 0.6 is 6.42 Å². The standard InChI is InChI=1S/C29H46NOPS/c1-26(2,3)22-18-23(27(4,5)6)25(24(19-22)28(7,8)9)30-32(33,29(10,11)12)31-20-21-16-14-13-15-17-21/h13-19H,20H2,1-12H3,(H,30,33)/t32-/m1/s1. The summed E-state index contributed by atoms with van der Waals surface area (Å²) >= 11 is 6.37. The molecule has 0 aliphatic rings. The van der Waals surface area contributed by atoms with Crippen LogP contribution in [0.15, 0.2) is 42.5 Å². The molecule has 0 aromatic heterocycles. The van der Waals surface area contributed by atoms with Crippen LogP contribution in [0.5, 0.6) is 0 Å². The van der Waals surface area contributed by atoms with Gasteiger partial charge in [-0.25, -0.2) is 0 Å². The molecule has 0 aliphatic heterocycles. The summed E-state index contributed by atoms with van der Waals surface area (Å²) in [5, 5.41) is 3.69. The number of rotatable bonds is 5. The van der Waals surface area contributed by atoms with Crippen LogP contribution in [0.25, 0.3) is 0 Å². The number of hydrogen-bond acceptors (Lipinski definition) is 2. The molecular weight excluding hydrogens is 441 g/mol. The van der Waals surface area contributed by atoms with Gasteiger partial charge in [-0.15, -0.1) is 0 Å². The minimum absolute atomic E-state index is 0.0406. The van der Waals surface area contributed by atoms with Gasteiger partial charge in [-0.1, -0.05) is 126 Å². The summed E-state index contributed by atoms with van der Waals surface area (Å²) in [4.78, 5) is 0. The van der Waals surface area contributed by atoms with E-state index in [4.69, 9.17) is 16.3 Å². The van der Waals surface area contributed by atoms with Crippen LogP contribution < -0.4 is 5.09 Å². The van der Waals surface area contributed by atoms with Gasteiger partial charge in [0.15, 0.2) is 6.42 Å². The van der Waals surface area contributed by atoms with Crippen LogP contribution in [0.4, 0.5) is 5.69 Å². The van der Waals surface area contributed by atoms with Crippen LogP contribution in [0.1, 0.15) is 105 Å². The molecule has 1 atom stereocenters. The van der Waals surface area contributed by atoms with Crippen molar-refractivity contribution in [1.82, 2.24) is 0 Å². The Morgan fingerprint density at radius 1 is 0.727 bits per heavy atom. The normalized spacial score (nSPS) is 15.3. The highest BCUT2D eigenvalue weighted by atomic mass is 32.4. The topological polar surface area (TPSA) is 21.3 Å². The van der Waals surface area contributed by atoms with Gasteiger partial charge in [0, 0.05) is 10.8 Å². The lowest BCUT2D eigenvalue weighted by Crippen LogP contribution is -2.27. The highest BCUT2D eigenvalue weighted by molar-refractivity contribution is 8.13. The zero-order chi connectivity index (χ0) is 25.5. The molecule has 0 fully saturated rings. The van der Waals surface area contributed by atoms with Crippen molar-refractivity contribution >= 4 is 23.9 Å². The Bertz CT molecular complexity index is 964. The van der Waals surface area contributed by atoms with Crippen molar-refractivity contribution in [2.45, 2.75) is 111 Å². The third-order valence-electron chi connectivity index (χ3n) is 6.02. The maximum atomic E-state index is 6.63. The molecule has 184 valence electrons. The number of benzene rings is 2. The molecule has 0 unspecified atom stereocenters. The van der Waals surface area contributed by atoms with E-state index in [0.717, 1.165) is 11.3 Å². The average molecular weight is 488 g/mol. The fourth-order valence-corrected chi connectivity index (χ4v) is 5.74. The summed E-state index contributed by atoms with van der Waals surface area (Å²) in [6.45, 7) is 27.7. The maximum Gasteiger partial charge on any atom is 0.158 e. The molecule has 0 spiro atoms. The first-order valence-corrected chi connectivity index (χ1v) is 14.7. The van der Waals surface area contributed by atoms with Crippen molar-refractivity contribution in [3.8, 4) is 0 Å². The molecule has 2 aromatic carbocycles. The first kappa shape index (κ1) is 28.1. The van der Waals surface area contributed by atoms with Crippen LogP contribution in [-0.2, 0) is 39.2 Å². The first-order valence-electron chi connectivity index (χ1n) is 12.0. The lowest BCUT2D eigenvalue weighted by molar-refractivity contribution is 0.330. The van der Waals surface area contributed by atoms with Gasteiger partial charge < -0.3 is 9.61 Å². The number of hydrogen-bond donors (Lipinski definition) is 1. The molecule has 4 heteroatoms. The predicted octanol–water partition coefficient (Wildman–Crippen LogP) is 9.32. The Labute approximate surface area is 209 Å². The van der Waals surface area contributed by atoms with Gasteiger partial charge in [-0.2, -0.15) is 0 Å². The monoisotopic (exact) mass is 487 g/mol. The smallest absolute Gasteiger partial charge is 0.158 e. The van der Waals surface area contributed by atoms with Gasteiger partial charge in [0.25, 0.3) is 0 Å². The van der Waals surface area contributed by atoms with E-state index in [0.29, 0.717) is 6.61 Å². The highest BCUT2D eigenvalue weighted by Gasteiger charge is 2.37. The Morgan fingerprint density at radius 2 is 1.18 bits per heavy atom. The van der Waals surface area contributed by atoms with E-state index >= 15 is 0 Å². The molecule has 0 saturated carbocycles. The van der Waals surface area contributed by atoms with E-state index in [1.165, 1.54) is 16.7 Å². The molecule has 0 amide bonds. The second kappa shape index (κ2) is 9.48. The predicted molar refractivity (Wildman–Crippen MR) is 151 cm³/mol. The number of nitrogens with one attached hydrogen (secondary N) is 1. The molecule has 0 heterocycles. The van der Waals surface area contributed by atoms with E-state index < -0.39 is 6.42 Å². The van der Waals surface area contributed by atoms with Gasteiger partial charge in [0.1, 0.15) is 0 Å². The van der Waals surface area contributed by atoms with Crippen molar-refractivity contribution in [2.75, 3.05) is 5.09 Å². The zero-order valence-corrected chi connectivity index (χ0v) is 24.7. The van der Waals surface area contributed by atoms with E-state index in [9.17, 15) is 0 Å². The van der Waals surface area contributed by atoms with Crippen molar-refractivity contribution < 1.29 is 4.52 Å². The average Bonchev–Trinajstić information content (AvgIpc) is 2.63. The fraction of sp³-hybridized carbons (Fsp3) is 0.586. The SMILES string of the molecule is CC(C)(C)c1cc(C(C)(C)C)c(N[P@@](=S)(OCc2ccccc2)C(C)(C)C)c(C(C)(C)C)c1. The fourth-order valence-electron chi connectivity index (χ4n) is 3.66. The maximum absolute atomic E-state index is 6.63. The van der Waals surface area contributed by atoms with E-state index in [-0.39, 0.29) is 21.4 Å². The molecule has 0 bridgehead atoms. The van der Waals surface area contributed by atoms with Crippen molar-refractivity contribution in [3.63, 3.8) is 0 Å². The van der Waals surface area contributed by atoms with Gasteiger partial charge in [-0.3, -0.25) is 0 Å². The van der Waals surface area contributed by atoms with Crippen molar-refractivity contribution in [3.05, 3.63) is 64.7 Å².